The molecule has 0 bridgehead atoms. The van der Waals surface area contributed by atoms with Gasteiger partial charge in [-0.2, -0.15) is 11.8 Å². The van der Waals surface area contributed by atoms with Crippen LogP contribution in [-0.2, 0) is 56.0 Å². The van der Waals surface area contributed by atoms with E-state index in [0.717, 1.165) is 10.9 Å². The number of benzene rings is 2. The zero-order valence-corrected chi connectivity index (χ0v) is 40.5. The number of carboxylic acid groups (broad SMARTS) is 2. The molecule has 6 atom stereocenters. The minimum atomic E-state index is -1.80. The highest BCUT2D eigenvalue weighted by Gasteiger charge is 2.33. The van der Waals surface area contributed by atoms with E-state index in [4.69, 9.17) is 28.7 Å². The van der Waals surface area contributed by atoms with Gasteiger partial charge in [0.2, 0.25) is 41.4 Å². The van der Waals surface area contributed by atoms with Crippen molar-refractivity contribution < 1.29 is 53.4 Å². The number of nitrogens with two attached hydrogens (primary N) is 5. The Labute approximate surface area is 418 Å². The lowest BCUT2D eigenvalue weighted by molar-refractivity contribution is -0.142. The Bertz CT molecular complexity index is 2390. The molecule has 26 nitrogen and oxygen atoms in total. The summed E-state index contributed by atoms with van der Waals surface area (Å²) in [6.07, 6.45) is 2.56. The standard InChI is InChI=1S/C45H65N15O11S/c1-72-18-15-30(57-41(68)33(56-35(61)22-46)20-26-23-53-28-12-6-5-11-27(26)28)40(67)60-34(21-37(63)64)42(69)59-32(19-25-9-3-2-4-10-25)38(65)54-24-36(62)55-29(13-7-16-51-44(47)48)39(66)58-31(43(70)71)14-8-17-52-45(49)50/h2-6,9-12,23,29-34,53H,7-8,13-22,24,46H2,1H3,(H,54,65)(H,55,62)(H,56,61)(H,57,68)(H,58,66)(H,59,69)(H,60,67)(H,63,64)(H,70,71)(H4,47,48,51)(H4,49,50,52)/t29-,30-,31-,32-,33-,34-/m0/s1. The van der Waals surface area contributed by atoms with E-state index in [1.807, 2.05) is 24.3 Å². The first-order valence-electron chi connectivity index (χ1n) is 22.7. The number of aliphatic carboxylic acids is 2. The Morgan fingerprint density at radius 1 is 0.611 bits per heavy atom. The van der Waals surface area contributed by atoms with E-state index in [2.05, 4.69) is 52.2 Å². The van der Waals surface area contributed by atoms with Crippen molar-refractivity contribution in [3.8, 4) is 0 Å². The maximum absolute atomic E-state index is 14.0. The number of guanidine groups is 2. The Morgan fingerprint density at radius 3 is 1.72 bits per heavy atom. The predicted octanol–water partition coefficient (Wildman–Crippen LogP) is -3.64. The molecule has 0 saturated heterocycles. The van der Waals surface area contributed by atoms with Gasteiger partial charge < -0.3 is 81.1 Å². The van der Waals surface area contributed by atoms with Crippen molar-refractivity contribution in [3.63, 3.8) is 0 Å². The zero-order valence-electron chi connectivity index (χ0n) is 39.7. The topological polar surface area (TPSA) is 449 Å². The van der Waals surface area contributed by atoms with Crippen LogP contribution in [0.2, 0.25) is 0 Å². The van der Waals surface area contributed by atoms with Gasteiger partial charge in [0.25, 0.3) is 0 Å². The SMILES string of the molecule is CSCC[C@H](NC(=O)[C@H](Cc1c[nH]c2ccccc12)NC(=O)CN)C(=O)N[C@@H](CC(=O)O)C(=O)N[C@@H](Cc1ccccc1)C(=O)NCC(=O)N[C@@H](CCCN=C(N)N)C(=O)N[C@@H](CCCN=C(N)N)C(=O)O. The first kappa shape index (κ1) is 58.4. The number of thioether (sulfide) groups is 1. The number of rotatable bonds is 32. The van der Waals surface area contributed by atoms with Crippen molar-refractivity contribution in [3.05, 3.63) is 71.9 Å². The van der Waals surface area contributed by atoms with Crippen LogP contribution in [-0.4, -0.2) is 155 Å². The molecule has 0 spiro atoms. The Morgan fingerprint density at radius 2 is 1.12 bits per heavy atom. The largest absolute Gasteiger partial charge is 0.481 e. The highest BCUT2D eigenvalue weighted by Crippen LogP contribution is 2.19. The van der Waals surface area contributed by atoms with Gasteiger partial charge in [0.1, 0.15) is 36.3 Å². The fourth-order valence-corrected chi connectivity index (χ4v) is 7.56. The first-order chi connectivity index (χ1) is 34.3. The van der Waals surface area contributed by atoms with Crippen LogP contribution in [0.3, 0.4) is 0 Å². The molecular formula is C45H65N15O11S. The summed E-state index contributed by atoms with van der Waals surface area (Å²) >= 11 is 1.34. The molecule has 0 aliphatic heterocycles. The third-order valence-corrected chi connectivity index (χ3v) is 11.3. The molecule has 0 saturated carbocycles. The van der Waals surface area contributed by atoms with E-state index in [-0.39, 0.29) is 70.0 Å². The van der Waals surface area contributed by atoms with Crippen molar-refractivity contribution in [2.24, 2.45) is 38.7 Å². The van der Waals surface area contributed by atoms with E-state index in [1.165, 1.54) is 11.8 Å². The van der Waals surface area contributed by atoms with Crippen molar-refractivity contribution in [1.29, 1.82) is 0 Å². The Hall–Kier alpha value is -7.94. The van der Waals surface area contributed by atoms with Gasteiger partial charge in [0, 0.05) is 43.0 Å². The molecule has 0 aliphatic carbocycles. The summed E-state index contributed by atoms with van der Waals surface area (Å²) in [4.78, 5) is 130. The van der Waals surface area contributed by atoms with Crippen molar-refractivity contribution in [2.75, 3.05) is 38.2 Å². The minimum absolute atomic E-state index is 0.00248. The number of carboxylic acids is 2. The van der Waals surface area contributed by atoms with Crippen molar-refractivity contribution >= 4 is 87.9 Å². The lowest BCUT2D eigenvalue weighted by atomic mass is 10.0. The molecule has 7 amide bonds. The monoisotopic (exact) mass is 1020 g/mol. The van der Waals surface area contributed by atoms with Gasteiger partial charge in [0.05, 0.1) is 19.5 Å². The number of aromatic nitrogens is 1. The fourth-order valence-electron chi connectivity index (χ4n) is 7.09. The molecule has 392 valence electrons. The molecule has 1 heterocycles. The summed E-state index contributed by atoms with van der Waals surface area (Å²) in [5, 5.41) is 37.8. The molecular weight excluding hydrogens is 959 g/mol. The van der Waals surface area contributed by atoms with Crippen LogP contribution in [0.1, 0.15) is 49.7 Å². The normalized spacial score (nSPS) is 13.3. The van der Waals surface area contributed by atoms with Crippen molar-refractivity contribution in [1.82, 2.24) is 42.2 Å². The number of H-pyrrole nitrogens is 1. The molecule has 0 aliphatic rings. The molecule has 72 heavy (non-hydrogen) atoms. The lowest BCUT2D eigenvalue weighted by Gasteiger charge is -2.26. The van der Waals surface area contributed by atoms with Crippen LogP contribution in [0, 0.1) is 0 Å². The van der Waals surface area contributed by atoms with Crippen LogP contribution >= 0.6 is 11.8 Å². The average Bonchev–Trinajstić information content (AvgIpc) is 3.75. The fraction of sp³-hybridized carbons (Fsp3) is 0.444. The summed E-state index contributed by atoms with van der Waals surface area (Å²) in [5.41, 5.74) is 29.0. The number of para-hydroxylation sites is 1. The molecule has 0 unspecified atom stereocenters. The van der Waals surface area contributed by atoms with Gasteiger partial charge in [-0.3, -0.25) is 48.3 Å². The second-order valence-electron chi connectivity index (χ2n) is 16.3. The maximum Gasteiger partial charge on any atom is 0.326 e. The Balaban J connectivity index is 1.80. The number of hydrogen-bond donors (Lipinski definition) is 15. The van der Waals surface area contributed by atoms with Crippen molar-refractivity contribution in [2.45, 2.75) is 87.6 Å². The Kier molecular flexibility index (Phi) is 24.8. The summed E-state index contributed by atoms with van der Waals surface area (Å²) in [6.45, 7) is -1.04. The molecule has 2 aromatic carbocycles. The van der Waals surface area contributed by atoms with Gasteiger partial charge in [-0.15, -0.1) is 0 Å². The number of aromatic amines is 1. The van der Waals surface area contributed by atoms with Gasteiger partial charge in [-0.1, -0.05) is 48.5 Å². The van der Waals surface area contributed by atoms with E-state index in [1.54, 1.807) is 42.8 Å². The van der Waals surface area contributed by atoms with Crippen LogP contribution < -0.4 is 65.9 Å². The number of fused-ring (bicyclic) bond motifs is 1. The van der Waals surface area contributed by atoms with Gasteiger partial charge in [-0.05, 0) is 61.3 Å². The summed E-state index contributed by atoms with van der Waals surface area (Å²) in [6, 6.07) is 7.11. The molecule has 3 rings (SSSR count). The van der Waals surface area contributed by atoms with Crippen LogP contribution in [0.25, 0.3) is 10.9 Å². The maximum atomic E-state index is 14.0. The summed E-state index contributed by atoms with van der Waals surface area (Å²) in [7, 11) is 0. The van der Waals surface area contributed by atoms with Gasteiger partial charge in [-0.25, -0.2) is 4.79 Å². The summed E-state index contributed by atoms with van der Waals surface area (Å²) in [5.74, 6) is -9.07. The highest BCUT2D eigenvalue weighted by molar-refractivity contribution is 7.98. The second-order valence-corrected chi connectivity index (χ2v) is 17.3. The molecule has 0 fully saturated rings. The van der Waals surface area contributed by atoms with Gasteiger partial charge in [0.15, 0.2) is 11.9 Å². The highest BCUT2D eigenvalue weighted by atomic mass is 32.2. The first-order valence-corrected chi connectivity index (χ1v) is 24.1. The minimum Gasteiger partial charge on any atom is -0.481 e. The van der Waals surface area contributed by atoms with E-state index < -0.39 is 109 Å². The average molecular weight is 1020 g/mol. The number of nitrogens with zero attached hydrogens (tertiary/aromatic N) is 2. The van der Waals surface area contributed by atoms with Crippen LogP contribution in [0.4, 0.5) is 0 Å². The molecule has 0 radical (unpaired) electrons. The van der Waals surface area contributed by atoms with E-state index in [9.17, 15) is 53.4 Å². The second kappa shape index (κ2) is 30.6. The smallest absolute Gasteiger partial charge is 0.326 e. The number of carbonyl (C=O) groups is 9. The number of amides is 7. The molecule has 3 aromatic rings. The number of aliphatic imine (C=N–C) groups is 2. The zero-order chi connectivity index (χ0) is 53.2. The third kappa shape index (κ3) is 21.0. The lowest BCUT2D eigenvalue weighted by Crippen LogP contribution is -2.59. The van der Waals surface area contributed by atoms with Crippen LogP contribution in [0.15, 0.2) is 70.8 Å². The number of hydrogen-bond acceptors (Lipinski definition) is 13. The third-order valence-electron chi connectivity index (χ3n) is 10.7. The molecule has 27 heteroatoms. The number of nitrogens with one attached hydrogen (secondary N) is 8. The predicted molar refractivity (Wildman–Crippen MR) is 269 cm³/mol. The van der Waals surface area contributed by atoms with Gasteiger partial charge >= 0.3 is 11.9 Å². The molecule has 1 aromatic heterocycles. The van der Waals surface area contributed by atoms with Crippen LogP contribution in [0.5, 0.6) is 0 Å². The van der Waals surface area contributed by atoms with E-state index in [0.29, 0.717) is 16.9 Å². The van der Waals surface area contributed by atoms with E-state index >= 15 is 0 Å². The summed E-state index contributed by atoms with van der Waals surface area (Å²) < 4.78 is 0. The number of carbonyl (C=O) groups excluding carboxylic acids is 7. The molecule has 20 N–H and O–H groups in total. The quantitative estimate of drug-likeness (QED) is 0.0163.